The lowest BCUT2D eigenvalue weighted by atomic mass is 10.0. The zero-order valence-electron chi connectivity index (χ0n) is 12.1. The summed E-state index contributed by atoms with van der Waals surface area (Å²) in [5, 5.41) is 2.74. The maximum absolute atomic E-state index is 12.0. The molecule has 21 heavy (non-hydrogen) atoms. The number of aromatic nitrogens is 1. The lowest BCUT2D eigenvalue weighted by Crippen LogP contribution is -2.48. The third kappa shape index (κ3) is 2.85. The first-order valence-corrected chi connectivity index (χ1v) is 7.28. The summed E-state index contributed by atoms with van der Waals surface area (Å²) in [6.45, 7) is 1.44. The lowest BCUT2D eigenvalue weighted by Gasteiger charge is -2.33. The number of nitrogens with two attached hydrogens (primary N) is 1. The summed E-state index contributed by atoms with van der Waals surface area (Å²) < 4.78 is 5.75. The van der Waals surface area contributed by atoms with Gasteiger partial charge in [0.1, 0.15) is 5.52 Å². The van der Waals surface area contributed by atoms with Crippen LogP contribution in [0.4, 0.5) is 5.69 Å². The molecule has 6 nitrogen and oxygen atoms in total. The monoisotopic (exact) mass is 288 g/mol. The van der Waals surface area contributed by atoms with Crippen molar-refractivity contribution in [2.24, 2.45) is 0 Å². The fourth-order valence-electron chi connectivity index (χ4n) is 2.88. The summed E-state index contributed by atoms with van der Waals surface area (Å²) in [5.74, 6) is 0.696. The van der Waals surface area contributed by atoms with Gasteiger partial charge in [-0.25, -0.2) is 4.98 Å². The number of piperidine rings is 1. The number of carbonyl (C=O) groups excluding carboxylic acids is 1. The molecule has 1 atom stereocenters. The van der Waals surface area contributed by atoms with Crippen molar-refractivity contribution in [1.82, 2.24) is 15.2 Å². The Balaban J connectivity index is 1.80. The Kier molecular flexibility index (Phi) is 3.79. The van der Waals surface area contributed by atoms with Crippen LogP contribution in [0.2, 0.25) is 0 Å². The quantitative estimate of drug-likeness (QED) is 0.836. The van der Waals surface area contributed by atoms with Crippen LogP contribution >= 0.6 is 0 Å². The zero-order chi connectivity index (χ0) is 14.8. The average Bonchev–Trinajstić information content (AvgIpc) is 2.88. The van der Waals surface area contributed by atoms with Crippen LogP contribution in [0.15, 0.2) is 22.6 Å². The van der Waals surface area contributed by atoms with E-state index in [0.717, 1.165) is 36.9 Å². The Bertz CT molecular complexity index is 652. The number of nitrogen functional groups attached to an aromatic ring is 1. The molecule has 0 bridgehead atoms. The van der Waals surface area contributed by atoms with E-state index in [1.807, 2.05) is 6.07 Å². The molecule has 0 spiro atoms. The summed E-state index contributed by atoms with van der Waals surface area (Å²) in [7, 11) is 1.68. The minimum absolute atomic E-state index is 0.0649. The fraction of sp³-hybridized carbons (Fsp3) is 0.467. The highest BCUT2D eigenvalue weighted by Crippen LogP contribution is 2.23. The van der Waals surface area contributed by atoms with Gasteiger partial charge in [0.25, 0.3) is 0 Å². The minimum atomic E-state index is -0.0937. The van der Waals surface area contributed by atoms with Gasteiger partial charge in [0.2, 0.25) is 11.8 Å². The second kappa shape index (κ2) is 5.73. The smallest absolute Gasteiger partial charge is 0.237 e. The molecular formula is C15H20N4O2. The largest absolute Gasteiger partial charge is 0.439 e. The molecule has 3 rings (SSSR count). The highest BCUT2D eigenvalue weighted by Gasteiger charge is 2.29. The number of amides is 1. The molecule has 0 saturated carbocycles. The van der Waals surface area contributed by atoms with Gasteiger partial charge in [-0.3, -0.25) is 9.69 Å². The van der Waals surface area contributed by atoms with E-state index < -0.39 is 0 Å². The van der Waals surface area contributed by atoms with E-state index in [-0.39, 0.29) is 11.9 Å². The van der Waals surface area contributed by atoms with Crippen molar-refractivity contribution in [3.63, 3.8) is 0 Å². The second-order valence-electron chi connectivity index (χ2n) is 5.43. The third-order valence-corrected chi connectivity index (χ3v) is 3.96. The van der Waals surface area contributed by atoms with Gasteiger partial charge in [0, 0.05) is 12.7 Å². The van der Waals surface area contributed by atoms with Gasteiger partial charge in [-0.15, -0.1) is 0 Å². The number of nitrogens with zero attached hydrogens (tertiary/aromatic N) is 2. The molecule has 3 N–H and O–H groups in total. The van der Waals surface area contributed by atoms with Gasteiger partial charge in [0.15, 0.2) is 5.58 Å². The predicted octanol–water partition coefficient (Wildman–Crippen LogP) is 1.51. The van der Waals surface area contributed by atoms with Gasteiger partial charge in [-0.1, -0.05) is 6.42 Å². The number of carbonyl (C=O) groups is 1. The highest BCUT2D eigenvalue weighted by atomic mass is 16.3. The summed E-state index contributed by atoms with van der Waals surface area (Å²) in [4.78, 5) is 18.6. The topological polar surface area (TPSA) is 84.4 Å². The van der Waals surface area contributed by atoms with Gasteiger partial charge >= 0.3 is 0 Å². The van der Waals surface area contributed by atoms with Crippen LogP contribution in [-0.4, -0.2) is 35.4 Å². The summed E-state index contributed by atoms with van der Waals surface area (Å²) in [5.41, 5.74) is 7.91. The highest BCUT2D eigenvalue weighted by molar-refractivity contribution is 5.81. The molecule has 6 heteroatoms. The number of rotatable bonds is 3. The number of hydrogen-bond acceptors (Lipinski definition) is 5. The van der Waals surface area contributed by atoms with Gasteiger partial charge < -0.3 is 15.5 Å². The van der Waals surface area contributed by atoms with E-state index in [1.54, 1.807) is 19.2 Å². The number of nitrogens with one attached hydrogen (secondary N) is 1. The molecule has 112 valence electrons. The number of anilines is 1. The first-order valence-electron chi connectivity index (χ1n) is 7.28. The van der Waals surface area contributed by atoms with Crippen LogP contribution in [0.5, 0.6) is 0 Å². The number of likely N-dealkylation sites (tertiary alicyclic amines) is 1. The number of oxazole rings is 1. The molecule has 1 aromatic carbocycles. The maximum atomic E-state index is 12.0. The molecule has 0 aliphatic carbocycles. The molecule has 1 saturated heterocycles. The standard InChI is InChI=1S/C15H20N4O2/c1-17-15(20)12-4-2-3-7-19(12)9-14-18-11-8-10(16)5-6-13(11)21-14/h5-6,8,12H,2-4,7,9,16H2,1H3,(H,17,20). The van der Waals surface area contributed by atoms with E-state index >= 15 is 0 Å². The van der Waals surface area contributed by atoms with Gasteiger partial charge in [-0.2, -0.15) is 0 Å². The van der Waals surface area contributed by atoms with Crippen LogP contribution in [0.25, 0.3) is 11.1 Å². The summed E-state index contributed by atoms with van der Waals surface area (Å²) >= 11 is 0. The predicted molar refractivity (Wildman–Crippen MR) is 80.5 cm³/mol. The van der Waals surface area contributed by atoms with Gasteiger partial charge in [-0.05, 0) is 37.6 Å². The Morgan fingerprint density at radius 1 is 1.52 bits per heavy atom. The first kappa shape index (κ1) is 13.9. The van der Waals surface area contributed by atoms with Crippen molar-refractivity contribution < 1.29 is 9.21 Å². The Labute approximate surface area is 123 Å². The fourth-order valence-corrected chi connectivity index (χ4v) is 2.88. The minimum Gasteiger partial charge on any atom is -0.439 e. The Morgan fingerprint density at radius 2 is 2.38 bits per heavy atom. The van der Waals surface area contributed by atoms with Crippen molar-refractivity contribution in [3.05, 3.63) is 24.1 Å². The average molecular weight is 288 g/mol. The number of fused-ring (bicyclic) bond motifs is 1. The van der Waals surface area contributed by atoms with Crippen LogP contribution < -0.4 is 11.1 Å². The molecule has 2 heterocycles. The molecule has 1 aromatic heterocycles. The lowest BCUT2D eigenvalue weighted by molar-refractivity contribution is -0.127. The van der Waals surface area contributed by atoms with E-state index in [2.05, 4.69) is 15.2 Å². The number of likely N-dealkylation sites (N-methyl/N-ethyl adjacent to an activating group) is 1. The normalized spacial score (nSPS) is 19.8. The van der Waals surface area contributed by atoms with Crippen LogP contribution in [0.3, 0.4) is 0 Å². The molecule has 2 aromatic rings. The molecule has 1 aliphatic heterocycles. The van der Waals surface area contributed by atoms with Crippen molar-refractivity contribution in [3.8, 4) is 0 Å². The van der Waals surface area contributed by atoms with Crippen molar-refractivity contribution in [2.45, 2.75) is 31.8 Å². The number of benzene rings is 1. The van der Waals surface area contributed by atoms with E-state index in [9.17, 15) is 4.79 Å². The van der Waals surface area contributed by atoms with Crippen molar-refractivity contribution in [2.75, 3.05) is 19.3 Å². The van der Waals surface area contributed by atoms with Crippen LogP contribution in [0.1, 0.15) is 25.2 Å². The van der Waals surface area contributed by atoms with E-state index in [1.165, 1.54) is 0 Å². The van der Waals surface area contributed by atoms with Crippen LogP contribution in [0, 0.1) is 0 Å². The van der Waals surface area contributed by atoms with E-state index in [4.69, 9.17) is 10.2 Å². The second-order valence-corrected chi connectivity index (χ2v) is 5.43. The summed E-state index contributed by atoms with van der Waals surface area (Å²) in [6, 6.07) is 5.33. The molecule has 1 aliphatic rings. The van der Waals surface area contributed by atoms with Gasteiger partial charge in [0.05, 0.1) is 12.6 Å². The molecule has 1 unspecified atom stereocenters. The molecule has 0 radical (unpaired) electrons. The van der Waals surface area contributed by atoms with E-state index in [0.29, 0.717) is 18.1 Å². The zero-order valence-corrected chi connectivity index (χ0v) is 12.1. The van der Waals surface area contributed by atoms with Crippen molar-refractivity contribution >= 4 is 22.7 Å². The summed E-state index contributed by atoms with van der Waals surface area (Å²) in [6.07, 6.45) is 3.06. The maximum Gasteiger partial charge on any atom is 0.237 e. The Hall–Kier alpha value is -2.08. The third-order valence-electron chi connectivity index (χ3n) is 3.96. The molecule has 1 amide bonds. The SMILES string of the molecule is CNC(=O)C1CCCCN1Cc1nc2cc(N)ccc2o1. The molecular weight excluding hydrogens is 268 g/mol. The Morgan fingerprint density at radius 3 is 3.19 bits per heavy atom. The molecule has 1 fully saturated rings. The van der Waals surface area contributed by atoms with Crippen molar-refractivity contribution in [1.29, 1.82) is 0 Å². The van der Waals surface area contributed by atoms with Crippen LogP contribution in [-0.2, 0) is 11.3 Å². The number of hydrogen-bond donors (Lipinski definition) is 2. The first-order chi connectivity index (χ1) is 10.2.